The molecule has 0 amide bonds. The minimum Gasteiger partial charge on any atom is -0.493 e. The third-order valence-corrected chi connectivity index (χ3v) is 2.80. The molecule has 0 saturated carbocycles. The van der Waals surface area contributed by atoms with Crippen LogP contribution in [0.2, 0.25) is 0 Å². The van der Waals surface area contributed by atoms with E-state index in [1.165, 1.54) is 0 Å². The highest BCUT2D eigenvalue weighted by Gasteiger charge is 1.95. The summed E-state index contributed by atoms with van der Waals surface area (Å²) in [6, 6.07) is 17.1. The quantitative estimate of drug-likeness (QED) is 0.568. The molecule has 0 saturated heterocycles. The highest BCUT2D eigenvalue weighted by Crippen LogP contribution is 2.14. The average molecular weight is 287 g/mol. The Kier molecular flexibility index (Phi) is 6.42. The van der Waals surface area contributed by atoms with Gasteiger partial charge < -0.3 is 19.9 Å². The van der Waals surface area contributed by atoms with E-state index in [0.29, 0.717) is 32.1 Å². The van der Waals surface area contributed by atoms with Crippen LogP contribution in [-0.2, 0) is 4.74 Å². The van der Waals surface area contributed by atoms with Crippen molar-refractivity contribution in [2.45, 2.75) is 6.42 Å². The van der Waals surface area contributed by atoms with Gasteiger partial charge in [-0.1, -0.05) is 24.3 Å². The molecule has 2 N–H and O–H groups in total. The average Bonchev–Trinajstić information content (AvgIpc) is 2.51. The summed E-state index contributed by atoms with van der Waals surface area (Å²) in [5, 5.41) is 0. The molecular weight excluding hydrogens is 266 g/mol. The van der Waals surface area contributed by atoms with Crippen molar-refractivity contribution in [2.75, 3.05) is 32.2 Å². The minimum atomic E-state index is 0.556. The zero-order valence-electron chi connectivity index (χ0n) is 12.0. The first kappa shape index (κ1) is 15.2. The Morgan fingerprint density at radius 2 is 1.48 bits per heavy atom. The van der Waals surface area contributed by atoms with Gasteiger partial charge in [0.1, 0.15) is 18.1 Å². The van der Waals surface area contributed by atoms with Gasteiger partial charge in [-0.25, -0.2) is 0 Å². The molecule has 0 bridgehead atoms. The molecule has 0 radical (unpaired) electrons. The third-order valence-electron chi connectivity index (χ3n) is 2.80. The van der Waals surface area contributed by atoms with Crippen LogP contribution in [0, 0.1) is 0 Å². The molecule has 0 fully saturated rings. The molecule has 2 aromatic rings. The summed E-state index contributed by atoms with van der Waals surface area (Å²) in [6.07, 6.45) is 0.833. The van der Waals surface area contributed by atoms with Gasteiger partial charge in [0.25, 0.3) is 0 Å². The van der Waals surface area contributed by atoms with Crippen molar-refractivity contribution in [3.63, 3.8) is 0 Å². The standard InChI is InChI=1S/C17H21NO3/c18-15-6-4-9-17(14-15)20-11-5-10-19-12-13-21-16-7-2-1-3-8-16/h1-4,6-9,14H,5,10-13,18H2. The van der Waals surface area contributed by atoms with Gasteiger partial charge in [-0.15, -0.1) is 0 Å². The van der Waals surface area contributed by atoms with E-state index in [1.807, 2.05) is 54.6 Å². The molecule has 0 aliphatic carbocycles. The highest BCUT2D eigenvalue weighted by atomic mass is 16.5. The van der Waals surface area contributed by atoms with Gasteiger partial charge in [0.15, 0.2) is 0 Å². The van der Waals surface area contributed by atoms with Crippen molar-refractivity contribution >= 4 is 5.69 Å². The van der Waals surface area contributed by atoms with E-state index in [1.54, 1.807) is 0 Å². The number of anilines is 1. The zero-order valence-corrected chi connectivity index (χ0v) is 12.0. The summed E-state index contributed by atoms with van der Waals surface area (Å²) in [5.74, 6) is 1.66. The molecule has 112 valence electrons. The summed E-state index contributed by atoms with van der Waals surface area (Å²) in [7, 11) is 0. The lowest BCUT2D eigenvalue weighted by molar-refractivity contribution is 0.0905. The van der Waals surface area contributed by atoms with Gasteiger partial charge >= 0.3 is 0 Å². The van der Waals surface area contributed by atoms with Crippen LogP contribution in [0.1, 0.15) is 6.42 Å². The lowest BCUT2D eigenvalue weighted by Crippen LogP contribution is -2.09. The van der Waals surface area contributed by atoms with Crippen LogP contribution in [0.5, 0.6) is 11.5 Å². The number of nitrogen functional groups attached to an aromatic ring is 1. The third kappa shape index (κ3) is 6.19. The molecule has 21 heavy (non-hydrogen) atoms. The Balaban J connectivity index is 1.47. The van der Waals surface area contributed by atoms with Gasteiger partial charge in [0.05, 0.1) is 13.2 Å². The van der Waals surface area contributed by atoms with Crippen LogP contribution in [0.3, 0.4) is 0 Å². The van der Waals surface area contributed by atoms with E-state index in [0.717, 1.165) is 17.9 Å². The van der Waals surface area contributed by atoms with Gasteiger partial charge in [-0.2, -0.15) is 0 Å². The summed E-state index contributed by atoms with van der Waals surface area (Å²) in [4.78, 5) is 0. The second-order valence-electron chi connectivity index (χ2n) is 4.55. The monoisotopic (exact) mass is 287 g/mol. The topological polar surface area (TPSA) is 53.7 Å². The zero-order chi connectivity index (χ0) is 14.8. The number of para-hydroxylation sites is 1. The maximum absolute atomic E-state index is 5.67. The van der Waals surface area contributed by atoms with E-state index in [9.17, 15) is 0 Å². The van der Waals surface area contributed by atoms with E-state index >= 15 is 0 Å². The van der Waals surface area contributed by atoms with E-state index in [-0.39, 0.29) is 0 Å². The fourth-order valence-corrected chi connectivity index (χ4v) is 1.79. The summed E-state index contributed by atoms with van der Waals surface area (Å²) in [6.45, 7) is 2.40. The molecule has 0 unspecified atom stereocenters. The summed E-state index contributed by atoms with van der Waals surface area (Å²) in [5.41, 5.74) is 6.38. The predicted octanol–water partition coefficient (Wildman–Crippen LogP) is 3.13. The van der Waals surface area contributed by atoms with Crippen LogP contribution in [0.15, 0.2) is 54.6 Å². The molecule has 2 aromatic carbocycles. The summed E-state index contributed by atoms with van der Waals surface area (Å²) >= 11 is 0. The van der Waals surface area contributed by atoms with Crippen LogP contribution >= 0.6 is 0 Å². The number of rotatable bonds is 9. The maximum atomic E-state index is 5.67. The molecule has 0 aliphatic rings. The van der Waals surface area contributed by atoms with Crippen LogP contribution in [-0.4, -0.2) is 26.4 Å². The smallest absolute Gasteiger partial charge is 0.121 e. The molecule has 0 aromatic heterocycles. The van der Waals surface area contributed by atoms with E-state index in [4.69, 9.17) is 19.9 Å². The lowest BCUT2D eigenvalue weighted by Gasteiger charge is -2.08. The molecule has 2 rings (SSSR count). The van der Waals surface area contributed by atoms with Gasteiger partial charge in [0, 0.05) is 24.8 Å². The van der Waals surface area contributed by atoms with Crippen molar-refractivity contribution in [3.8, 4) is 11.5 Å². The first-order valence-electron chi connectivity index (χ1n) is 7.08. The molecule has 4 nitrogen and oxygen atoms in total. The van der Waals surface area contributed by atoms with E-state index < -0.39 is 0 Å². The van der Waals surface area contributed by atoms with Crippen LogP contribution in [0.4, 0.5) is 5.69 Å². The number of hydrogen-bond donors (Lipinski definition) is 1. The van der Waals surface area contributed by atoms with Crippen molar-refractivity contribution in [3.05, 3.63) is 54.6 Å². The Morgan fingerprint density at radius 3 is 2.29 bits per heavy atom. The first-order chi connectivity index (χ1) is 10.3. The van der Waals surface area contributed by atoms with Crippen molar-refractivity contribution < 1.29 is 14.2 Å². The molecule has 0 heterocycles. The Labute approximate surface area is 125 Å². The van der Waals surface area contributed by atoms with Gasteiger partial charge in [-0.3, -0.25) is 0 Å². The molecule has 0 atom stereocenters. The molecule has 0 aliphatic heterocycles. The number of nitrogens with two attached hydrogens (primary N) is 1. The van der Waals surface area contributed by atoms with Crippen LogP contribution in [0.25, 0.3) is 0 Å². The second kappa shape index (κ2) is 8.87. The largest absolute Gasteiger partial charge is 0.493 e. The molecule has 0 spiro atoms. The van der Waals surface area contributed by atoms with E-state index in [2.05, 4.69) is 0 Å². The Morgan fingerprint density at radius 1 is 0.714 bits per heavy atom. The predicted molar refractivity (Wildman–Crippen MR) is 83.7 cm³/mol. The lowest BCUT2D eigenvalue weighted by atomic mass is 10.3. The second-order valence-corrected chi connectivity index (χ2v) is 4.55. The maximum Gasteiger partial charge on any atom is 0.121 e. The van der Waals surface area contributed by atoms with Crippen molar-refractivity contribution in [1.82, 2.24) is 0 Å². The summed E-state index contributed by atoms with van der Waals surface area (Å²) < 4.78 is 16.6. The first-order valence-corrected chi connectivity index (χ1v) is 7.08. The number of ether oxygens (including phenoxy) is 3. The molecular formula is C17H21NO3. The Bertz CT molecular complexity index is 516. The number of benzene rings is 2. The minimum absolute atomic E-state index is 0.556. The van der Waals surface area contributed by atoms with Crippen LogP contribution < -0.4 is 15.2 Å². The van der Waals surface area contributed by atoms with Crippen molar-refractivity contribution in [1.29, 1.82) is 0 Å². The van der Waals surface area contributed by atoms with Gasteiger partial charge in [-0.05, 0) is 24.3 Å². The van der Waals surface area contributed by atoms with Gasteiger partial charge in [0.2, 0.25) is 0 Å². The molecule has 4 heteroatoms. The fourth-order valence-electron chi connectivity index (χ4n) is 1.79. The highest BCUT2D eigenvalue weighted by molar-refractivity contribution is 5.43. The Hall–Kier alpha value is -2.20. The fraction of sp³-hybridized carbons (Fsp3) is 0.294. The normalized spacial score (nSPS) is 10.3. The van der Waals surface area contributed by atoms with Crippen molar-refractivity contribution in [2.24, 2.45) is 0 Å². The SMILES string of the molecule is Nc1cccc(OCCCOCCOc2ccccc2)c1. The number of hydrogen-bond acceptors (Lipinski definition) is 4.